The molecule has 0 atom stereocenters. The number of hydrogen-bond acceptors (Lipinski definition) is 2. The Balaban J connectivity index is 0. The molecular formula is C13H29N3. The molecule has 0 aromatic carbocycles. The highest BCUT2D eigenvalue weighted by Crippen LogP contribution is 2.03. The average Bonchev–Trinajstić information content (AvgIpc) is 2.71. The maximum atomic E-state index is 4.04. The van der Waals surface area contributed by atoms with Crippen molar-refractivity contribution in [1.82, 2.24) is 15.0 Å². The summed E-state index contributed by atoms with van der Waals surface area (Å²) in [5.41, 5.74) is 1.10. The highest BCUT2D eigenvalue weighted by molar-refractivity contribution is 4.92. The van der Waals surface area contributed by atoms with Crippen molar-refractivity contribution in [1.29, 1.82) is 0 Å². The van der Waals surface area contributed by atoms with Crippen LogP contribution >= 0.6 is 0 Å². The molecule has 0 bridgehead atoms. The van der Waals surface area contributed by atoms with Crippen LogP contribution in [0.3, 0.4) is 0 Å². The van der Waals surface area contributed by atoms with Crippen LogP contribution in [0.2, 0.25) is 0 Å². The van der Waals surface area contributed by atoms with E-state index in [2.05, 4.69) is 44.9 Å². The van der Waals surface area contributed by atoms with Crippen molar-refractivity contribution in [2.75, 3.05) is 0 Å². The summed E-state index contributed by atoms with van der Waals surface area (Å²) in [7, 11) is 0. The third-order valence-electron chi connectivity index (χ3n) is 1.59. The average molecular weight is 227 g/mol. The Morgan fingerprint density at radius 2 is 1.69 bits per heavy atom. The summed E-state index contributed by atoms with van der Waals surface area (Å²) in [5.74, 6) is 0. The SMILES string of the molecule is CC.CCC.CCCc1cn(C(C)C)nn1. The Morgan fingerprint density at radius 3 is 2.00 bits per heavy atom. The minimum Gasteiger partial charge on any atom is -0.250 e. The Hall–Kier alpha value is -0.860. The minimum atomic E-state index is 0.424. The molecule has 0 unspecified atom stereocenters. The summed E-state index contributed by atoms with van der Waals surface area (Å²) in [6, 6.07) is 0.424. The van der Waals surface area contributed by atoms with Crippen molar-refractivity contribution >= 4 is 0 Å². The van der Waals surface area contributed by atoms with Crippen LogP contribution in [-0.4, -0.2) is 15.0 Å². The van der Waals surface area contributed by atoms with Gasteiger partial charge in [0.2, 0.25) is 0 Å². The van der Waals surface area contributed by atoms with Gasteiger partial charge in [-0.15, -0.1) is 5.10 Å². The van der Waals surface area contributed by atoms with E-state index < -0.39 is 0 Å². The van der Waals surface area contributed by atoms with Crippen molar-refractivity contribution in [2.45, 2.75) is 73.8 Å². The van der Waals surface area contributed by atoms with E-state index in [-0.39, 0.29) is 0 Å². The van der Waals surface area contributed by atoms with E-state index in [1.165, 1.54) is 6.42 Å². The minimum absolute atomic E-state index is 0.424. The van der Waals surface area contributed by atoms with Gasteiger partial charge < -0.3 is 0 Å². The Morgan fingerprint density at radius 1 is 1.19 bits per heavy atom. The second-order valence-electron chi connectivity index (χ2n) is 3.74. The van der Waals surface area contributed by atoms with Crippen molar-refractivity contribution in [3.8, 4) is 0 Å². The lowest BCUT2D eigenvalue weighted by Gasteiger charge is -2.00. The molecule has 0 saturated carbocycles. The molecule has 3 heteroatoms. The van der Waals surface area contributed by atoms with Crippen LogP contribution in [0.15, 0.2) is 6.20 Å². The summed E-state index contributed by atoms with van der Waals surface area (Å²) in [6.07, 6.45) is 5.44. The zero-order chi connectivity index (χ0) is 13.0. The molecule has 0 radical (unpaired) electrons. The fraction of sp³-hybridized carbons (Fsp3) is 0.846. The standard InChI is InChI=1S/C8H15N3.C3H8.C2H6/c1-4-5-8-6-11(7(2)3)10-9-8;1-3-2;1-2/h6-7H,4-5H2,1-3H3;3H2,1-2H3;1-2H3. The van der Waals surface area contributed by atoms with E-state index in [9.17, 15) is 0 Å². The summed E-state index contributed by atoms with van der Waals surface area (Å²) >= 11 is 0. The zero-order valence-electron chi connectivity index (χ0n) is 12.1. The molecule has 0 fully saturated rings. The van der Waals surface area contributed by atoms with Gasteiger partial charge in [0, 0.05) is 12.2 Å². The lowest BCUT2D eigenvalue weighted by Crippen LogP contribution is -2.00. The highest BCUT2D eigenvalue weighted by atomic mass is 15.4. The molecule has 0 aliphatic carbocycles. The molecule has 0 aliphatic rings. The molecule has 0 N–H and O–H groups in total. The van der Waals surface area contributed by atoms with Gasteiger partial charge in [-0.25, -0.2) is 4.68 Å². The van der Waals surface area contributed by atoms with Gasteiger partial charge >= 0.3 is 0 Å². The molecule has 1 heterocycles. The predicted molar refractivity (Wildman–Crippen MR) is 71.7 cm³/mol. The number of rotatable bonds is 3. The van der Waals surface area contributed by atoms with Gasteiger partial charge in [0.25, 0.3) is 0 Å². The van der Waals surface area contributed by atoms with Gasteiger partial charge in [-0.1, -0.05) is 52.7 Å². The number of hydrogen-bond donors (Lipinski definition) is 0. The Labute approximate surface area is 101 Å². The largest absolute Gasteiger partial charge is 0.250 e. The molecule has 3 nitrogen and oxygen atoms in total. The van der Waals surface area contributed by atoms with Crippen molar-refractivity contribution in [2.24, 2.45) is 0 Å². The van der Waals surface area contributed by atoms with E-state index in [1.54, 1.807) is 0 Å². The molecule has 0 spiro atoms. The van der Waals surface area contributed by atoms with E-state index in [1.807, 2.05) is 24.7 Å². The first kappa shape index (κ1) is 17.5. The molecule has 0 saturated heterocycles. The lowest BCUT2D eigenvalue weighted by molar-refractivity contribution is 0.514. The molecular weight excluding hydrogens is 198 g/mol. The topological polar surface area (TPSA) is 30.7 Å². The smallest absolute Gasteiger partial charge is 0.0827 e. The second kappa shape index (κ2) is 12.2. The second-order valence-corrected chi connectivity index (χ2v) is 3.74. The summed E-state index contributed by atoms with van der Waals surface area (Å²) < 4.78 is 1.89. The molecule has 1 aromatic heterocycles. The maximum absolute atomic E-state index is 4.04. The van der Waals surface area contributed by atoms with E-state index in [0.717, 1.165) is 18.5 Å². The van der Waals surface area contributed by atoms with Crippen molar-refractivity contribution in [3.63, 3.8) is 0 Å². The molecule has 96 valence electrons. The highest BCUT2D eigenvalue weighted by Gasteiger charge is 2.01. The monoisotopic (exact) mass is 227 g/mol. The van der Waals surface area contributed by atoms with Crippen LogP contribution in [0.25, 0.3) is 0 Å². The van der Waals surface area contributed by atoms with Crippen LogP contribution in [0, 0.1) is 0 Å². The first-order chi connectivity index (χ1) is 7.65. The summed E-state index contributed by atoms with van der Waals surface area (Å²) in [6.45, 7) is 14.6. The number of aryl methyl sites for hydroxylation is 1. The van der Waals surface area contributed by atoms with Crippen LogP contribution in [0.1, 0.15) is 73.0 Å². The molecule has 1 aromatic rings. The molecule has 1 rings (SSSR count). The fourth-order valence-electron chi connectivity index (χ4n) is 0.936. The quantitative estimate of drug-likeness (QED) is 0.772. The number of nitrogens with zero attached hydrogens (tertiary/aromatic N) is 3. The molecule has 0 aliphatic heterocycles. The van der Waals surface area contributed by atoms with Crippen LogP contribution in [-0.2, 0) is 6.42 Å². The third kappa shape index (κ3) is 8.45. The van der Waals surface area contributed by atoms with E-state index in [4.69, 9.17) is 0 Å². The maximum Gasteiger partial charge on any atom is 0.0827 e. The van der Waals surface area contributed by atoms with Gasteiger partial charge in [-0.3, -0.25) is 0 Å². The van der Waals surface area contributed by atoms with Crippen molar-refractivity contribution in [3.05, 3.63) is 11.9 Å². The first-order valence-corrected chi connectivity index (χ1v) is 6.56. The summed E-state index contributed by atoms with van der Waals surface area (Å²) in [4.78, 5) is 0. The number of aromatic nitrogens is 3. The van der Waals surface area contributed by atoms with Crippen LogP contribution in [0.5, 0.6) is 0 Å². The Bertz CT molecular complexity index is 229. The van der Waals surface area contributed by atoms with Gasteiger partial charge in [0.15, 0.2) is 0 Å². The molecule has 16 heavy (non-hydrogen) atoms. The third-order valence-corrected chi connectivity index (χ3v) is 1.59. The Kier molecular flexibility index (Phi) is 13.4. The van der Waals surface area contributed by atoms with Gasteiger partial charge in [0.1, 0.15) is 0 Å². The first-order valence-electron chi connectivity index (χ1n) is 6.56. The van der Waals surface area contributed by atoms with E-state index in [0.29, 0.717) is 6.04 Å². The van der Waals surface area contributed by atoms with Gasteiger partial charge in [-0.2, -0.15) is 0 Å². The van der Waals surface area contributed by atoms with Crippen LogP contribution in [0.4, 0.5) is 0 Å². The lowest BCUT2D eigenvalue weighted by atomic mass is 10.3. The normalized spacial score (nSPS) is 9.00. The van der Waals surface area contributed by atoms with Gasteiger partial charge in [-0.05, 0) is 20.3 Å². The summed E-state index contributed by atoms with van der Waals surface area (Å²) in [5, 5.41) is 8.04. The van der Waals surface area contributed by atoms with E-state index >= 15 is 0 Å². The fourth-order valence-corrected chi connectivity index (χ4v) is 0.936. The van der Waals surface area contributed by atoms with Crippen LogP contribution < -0.4 is 0 Å². The zero-order valence-corrected chi connectivity index (χ0v) is 12.1. The van der Waals surface area contributed by atoms with Crippen molar-refractivity contribution < 1.29 is 0 Å². The van der Waals surface area contributed by atoms with Gasteiger partial charge in [0.05, 0.1) is 5.69 Å². The molecule has 0 amide bonds. The predicted octanol–water partition coefficient (Wildman–Crippen LogP) is 4.25.